The van der Waals surface area contributed by atoms with E-state index in [9.17, 15) is 9.59 Å². The van der Waals surface area contributed by atoms with Crippen molar-refractivity contribution in [3.05, 3.63) is 76.4 Å². The van der Waals surface area contributed by atoms with Crippen LogP contribution in [0, 0.1) is 6.92 Å². The Morgan fingerprint density at radius 1 is 1.09 bits per heavy atom. The van der Waals surface area contributed by atoms with Crippen LogP contribution in [0.25, 0.3) is 22.1 Å². The van der Waals surface area contributed by atoms with Crippen molar-refractivity contribution >= 4 is 39.2 Å². The number of carbonyl (C=O) groups excluding carboxylic acids is 2. The van der Waals surface area contributed by atoms with Crippen LogP contribution >= 0.6 is 11.3 Å². The van der Waals surface area contributed by atoms with Gasteiger partial charge in [0.2, 0.25) is 5.91 Å². The number of hydrogen-bond acceptors (Lipinski definition) is 5. The molecule has 2 aromatic heterocycles. The molecule has 0 radical (unpaired) electrons. The van der Waals surface area contributed by atoms with E-state index in [-0.39, 0.29) is 18.9 Å². The van der Waals surface area contributed by atoms with Crippen LogP contribution < -0.4 is 5.32 Å². The van der Waals surface area contributed by atoms with Crippen LogP contribution in [0.4, 0.5) is 5.00 Å². The van der Waals surface area contributed by atoms with Gasteiger partial charge in [-0.25, -0.2) is 4.79 Å². The van der Waals surface area contributed by atoms with E-state index >= 15 is 0 Å². The van der Waals surface area contributed by atoms with Gasteiger partial charge >= 0.3 is 5.97 Å². The SMILES string of the molecule is CCOC(=O)c1c(-c2ccc(C)cc2)csc1NC(=O)Cc1coc2ccc(CC)cc12. The Morgan fingerprint density at radius 2 is 1.88 bits per heavy atom. The number of benzene rings is 2. The van der Waals surface area contributed by atoms with Crippen molar-refractivity contribution in [1.29, 1.82) is 0 Å². The molecule has 2 heterocycles. The van der Waals surface area contributed by atoms with Gasteiger partial charge in [-0.15, -0.1) is 11.3 Å². The number of nitrogens with one attached hydrogen (secondary N) is 1. The van der Waals surface area contributed by atoms with Gasteiger partial charge in [0.15, 0.2) is 0 Å². The molecule has 5 nitrogen and oxygen atoms in total. The number of esters is 1. The van der Waals surface area contributed by atoms with Crippen molar-refractivity contribution in [1.82, 2.24) is 0 Å². The monoisotopic (exact) mass is 447 g/mol. The Kier molecular flexibility index (Phi) is 6.42. The van der Waals surface area contributed by atoms with E-state index in [2.05, 4.69) is 18.3 Å². The highest BCUT2D eigenvalue weighted by Crippen LogP contribution is 2.36. The first-order valence-electron chi connectivity index (χ1n) is 10.6. The molecule has 0 bridgehead atoms. The number of carbonyl (C=O) groups is 2. The molecule has 0 aliphatic rings. The zero-order valence-corrected chi connectivity index (χ0v) is 19.2. The number of hydrogen-bond donors (Lipinski definition) is 1. The van der Waals surface area contributed by atoms with E-state index < -0.39 is 5.97 Å². The molecule has 0 atom stereocenters. The van der Waals surface area contributed by atoms with Crippen molar-refractivity contribution in [2.45, 2.75) is 33.6 Å². The lowest BCUT2D eigenvalue weighted by Crippen LogP contribution is -2.16. The fourth-order valence-electron chi connectivity index (χ4n) is 3.63. The zero-order chi connectivity index (χ0) is 22.7. The number of rotatable bonds is 7. The van der Waals surface area contributed by atoms with Crippen LogP contribution in [0.2, 0.25) is 0 Å². The first-order valence-corrected chi connectivity index (χ1v) is 11.5. The van der Waals surface area contributed by atoms with Crippen molar-refractivity contribution in [3.63, 3.8) is 0 Å². The molecule has 6 heteroatoms. The summed E-state index contributed by atoms with van der Waals surface area (Å²) in [6, 6.07) is 13.9. The molecule has 4 aromatic rings. The Bertz CT molecular complexity index is 1270. The number of amides is 1. The summed E-state index contributed by atoms with van der Waals surface area (Å²) in [6.45, 7) is 6.13. The van der Waals surface area contributed by atoms with Crippen molar-refractivity contribution < 1.29 is 18.7 Å². The molecule has 0 aliphatic heterocycles. The largest absolute Gasteiger partial charge is 0.464 e. The second kappa shape index (κ2) is 9.40. The highest BCUT2D eigenvalue weighted by molar-refractivity contribution is 7.15. The molecule has 0 saturated carbocycles. The van der Waals surface area contributed by atoms with Crippen molar-refractivity contribution in [3.8, 4) is 11.1 Å². The van der Waals surface area contributed by atoms with Gasteiger partial charge in [0.25, 0.3) is 0 Å². The number of furan rings is 1. The lowest BCUT2D eigenvalue weighted by atomic mass is 10.0. The summed E-state index contributed by atoms with van der Waals surface area (Å²) in [6.07, 6.45) is 2.69. The smallest absolute Gasteiger partial charge is 0.341 e. The maximum absolute atomic E-state index is 12.9. The Labute approximate surface area is 191 Å². The molecular weight excluding hydrogens is 422 g/mol. The van der Waals surface area contributed by atoms with Crippen molar-refractivity contribution in [2.75, 3.05) is 11.9 Å². The first kappa shape index (κ1) is 21.8. The number of fused-ring (bicyclic) bond motifs is 1. The van der Waals surface area contributed by atoms with E-state index in [1.165, 1.54) is 16.9 Å². The lowest BCUT2D eigenvalue weighted by Gasteiger charge is -2.09. The lowest BCUT2D eigenvalue weighted by molar-refractivity contribution is -0.115. The average Bonchev–Trinajstić information content (AvgIpc) is 3.38. The summed E-state index contributed by atoms with van der Waals surface area (Å²) in [7, 11) is 0. The highest BCUT2D eigenvalue weighted by Gasteiger charge is 2.23. The molecule has 1 amide bonds. The minimum absolute atomic E-state index is 0.153. The van der Waals surface area contributed by atoms with E-state index in [1.54, 1.807) is 13.2 Å². The van der Waals surface area contributed by atoms with Gasteiger partial charge in [-0.05, 0) is 43.5 Å². The predicted molar refractivity (Wildman–Crippen MR) is 128 cm³/mol. The normalized spacial score (nSPS) is 11.0. The summed E-state index contributed by atoms with van der Waals surface area (Å²) in [5.41, 5.74) is 5.95. The zero-order valence-electron chi connectivity index (χ0n) is 18.4. The predicted octanol–water partition coefficient (Wildman–Crippen LogP) is 6.39. The fourth-order valence-corrected chi connectivity index (χ4v) is 4.60. The van der Waals surface area contributed by atoms with E-state index in [1.807, 2.05) is 48.7 Å². The van der Waals surface area contributed by atoms with Gasteiger partial charge in [0.1, 0.15) is 16.1 Å². The Hall–Kier alpha value is -3.38. The molecular formula is C26H25NO4S. The molecule has 0 unspecified atom stereocenters. The third kappa shape index (κ3) is 4.46. The first-order chi connectivity index (χ1) is 15.5. The molecule has 164 valence electrons. The van der Waals surface area contributed by atoms with Gasteiger partial charge in [-0.2, -0.15) is 0 Å². The average molecular weight is 448 g/mol. The fraction of sp³-hybridized carbons (Fsp3) is 0.231. The molecule has 0 fully saturated rings. The van der Waals surface area contributed by atoms with Gasteiger partial charge < -0.3 is 14.5 Å². The minimum atomic E-state index is -0.444. The van der Waals surface area contributed by atoms with Crippen LogP contribution in [0.15, 0.2) is 58.5 Å². The van der Waals surface area contributed by atoms with Gasteiger partial charge in [0, 0.05) is 21.9 Å². The molecule has 1 N–H and O–H groups in total. The second-order valence-electron chi connectivity index (χ2n) is 7.61. The summed E-state index contributed by atoms with van der Waals surface area (Å²) in [4.78, 5) is 25.7. The van der Waals surface area contributed by atoms with Crippen LogP contribution in [-0.4, -0.2) is 18.5 Å². The molecule has 0 saturated heterocycles. The topological polar surface area (TPSA) is 68.5 Å². The summed E-state index contributed by atoms with van der Waals surface area (Å²) >= 11 is 1.32. The van der Waals surface area contributed by atoms with E-state index in [4.69, 9.17) is 9.15 Å². The summed E-state index contributed by atoms with van der Waals surface area (Å²) in [5.74, 6) is -0.654. The molecule has 4 rings (SSSR count). The molecule has 2 aromatic carbocycles. The quantitative estimate of drug-likeness (QED) is 0.333. The summed E-state index contributed by atoms with van der Waals surface area (Å²) in [5, 5.41) is 6.24. The third-order valence-electron chi connectivity index (χ3n) is 5.36. The third-order valence-corrected chi connectivity index (χ3v) is 6.26. The van der Waals surface area contributed by atoms with E-state index in [0.29, 0.717) is 10.6 Å². The second-order valence-corrected chi connectivity index (χ2v) is 8.49. The molecule has 32 heavy (non-hydrogen) atoms. The highest BCUT2D eigenvalue weighted by atomic mass is 32.1. The van der Waals surface area contributed by atoms with Crippen LogP contribution in [0.3, 0.4) is 0 Å². The van der Waals surface area contributed by atoms with Crippen LogP contribution in [-0.2, 0) is 22.4 Å². The van der Waals surface area contributed by atoms with Crippen molar-refractivity contribution in [2.24, 2.45) is 0 Å². The van der Waals surface area contributed by atoms with E-state index in [0.717, 1.165) is 39.6 Å². The standard InChI is InChI=1S/C26H25NO4S/c1-4-17-8-11-22-20(12-17)19(14-31-22)13-23(28)27-25-24(26(29)30-5-2)21(15-32-25)18-9-6-16(3)7-10-18/h6-12,14-15H,4-5,13H2,1-3H3,(H,27,28). The Morgan fingerprint density at radius 3 is 2.59 bits per heavy atom. The van der Waals surface area contributed by atoms with Crippen LogP contribution in [0.5, 0.6) is 0 Å². The number of aryl methyl sites for hydroxylation is 2. The molecule has 0 spiro atoms. The summed E-state index contributed by atoms with van der Waals surface area (Å²) < 4.78 is 10.9. The maximum atomic E-state index is 12.9. The van der Waals surface area contributed by atoms with Crippen LogP contribution in [0.1, 0.15) is 40.9 Å². The Balaban J connectivity index is 1.61. The number of anilines is 1. The molecule has 0 aliphatic carbocycles. The van der Waals surface area contributed by atoms with Gasteiger partial charge in [-0.1, -0.05) is 42.8 Å². The minimum Gasteiger partial charge on any atom is -0.464 e. The van der Waals surface area contributed by atoms with Gasteiger partial charge in [0.05, 0.1) is 19.3 Å². The number of ether oxygens (including phenoxy) is 1. The number of thiophene rings is 1. The van der Waals surface area contributed by atoms with Gasteiger partial charge in [-0.3, -0.25) is 4.79 Å². The maximum Gasteiger partial charge on any atom is 0.341 e.